The lowest BCUT2D eigenvalue weighted by Gasteiger charge is -2.01. The van der Waals surface area contributed by atoms with Crippen LogP contribution in [0.25, 0.3) is 11.3 Å². The molecular weight excluding hydrogens is 229 g/mol. The summed E-state index contributed by atoms with van der Waals surface area (Å²) < 4.78 is 18.5. The van der Waals surface area contributed by atoms with E-state index >= 15 is 0 Å². The molecule has 0 radical (unpaired) electrons. The smallest absolute Gasteiger partial charge is 0.134 e. The highest BCUT2D eigenvalue weighted by Crippen LogP contribution is 2.22. The largest absolute Gasteiger partial charge is 0.460 e. The predicted molar refractivity (Wildman–Crippen MR) is 70.7 cm³/mol. The maximum atomic E-state index is 12.8. The first kappa shape index (κ1) is 12.8. The summed E-state index contributed by atoms with van der Waals surface area (Å²) in [5.41, 5.74) is 0.899. The number of rotatable bonds is 6. The van der Waals surface area contributed by atoms with Crippen molar-refractivity contribution >= 4 is 0 Å². The van der Waals surface area contributed by atoms with Crippen LogP contribution in [0.4, 0.5) is 4.39 Å². The summed E-state index contributed by atoms with van der Waals surface area (Å²) in [6.45, 7) is 3.91. The summed E-state index contributed by atoms with van der Waals surface area (Å²) in [6, 6.07) is 10.2. The second-order valence-electron chi connectivity index (χ2n) is 4.30. The van der Waals surface area contributed by atoms with Crippen LogP contribution in [0, 0.1) is 5.82 Å². The van der Waals surface area contributed by atoms with Crippen molar-refractivity contribution in [2.24, 2.45) is 0 Å². The van der Waals surface area contributed by atoms with Crippen molar-refractivity contribution in [3.8, 4) is 11.3 Å². The zero-order valence-corrected chi connectivity index (χ0v) is 10.6. The van der Waals surface area contributed by atoms with E-state index in [4.69, 9.17) is 4.42 Å². The van der Waals surface area contributed by atoms with Gasteiger partial charge in [0.15, 0.2) is 0 Å². The van der Waals surface area contributed by atoms with Crippen LogP contribution >= 0.6 is 0 Å². The fourth-order valence-electron chi connectivity index (χ4n) is 1.76. The Morgan fingerprint density at radius 1 is 1.11 bits per heavy atom. The Morgan fingerprint density at radius 3 is 2.61 bits per heavy atom. The van der Waals surface area contributed by atoms with Gasteiger partial charge >= 0.3 is 0 Å². The van der Waals surface area contributed by atoms with Gasteiger partial charge in [-0.3, -0.25) is 0 Å². The molecule has 1 aromatic carbocycles. The predicted octanol–water partition coefficient (Wildman–Crippen LogP) is 3.98. The minimum absolute atomic E-state index is 0.230. The highest BCUT2D eigenvalue weighted by atomic mass is 19.1. The molecule has 0 saturated carbocycles. The third kappa shape index (κ3) is 3.44. The quantitative estimate of drug-likeness (QED) is 0.781. The second kappa shape index (κ2) is 6.36. The summed E-state index contributed by atoms with van der Waals surface area (Å²) in [6.07, 6.45) is 2.36. The average molecular weight is 247 g/mol. The molecule has 2 rings (SSSR count). The molecule has 0 aliphatic rings. The Kier molecular flexibility index (Phi) is 4.53. The Morgan fingerprint density at radius 2 is 1.89 bits per heavy atom. The summed E-state index contributed by atoms with van der Waals surface area (Å²) in [5.74, 6) is 1.46. The maximum absolute atomic E-state index is 12.8. The van der Waals surface area contributed by atoms with Crippen molar-refractivity contribution in [3.05, 3.63) is 48.0 Å². The third-order valence-corrected chi connectivity index (χ3v) is 2.80. The van der Waals surface area contributed by atoms with Crippen molar-refractivity contribution in [3.63, 3.8) is 0 Å². The van der Waals surface area contributed by atoms with Gasteiger partial charge in [-0.05, 0) is 49.4 Å². The van der Waals surface area contributed by atoms with Crippen LogP contribution in [0.3, 0.4) is 0 Å². The molecule has 2 aromatic rings. The van der Waals surface area contributed by atoms with Gasteiger partial charge in [0.25, 0.3) is 0 Å². The van der Waals surface area contributed by atoms with E-state index in [-0.39, 0.29) is 5.82 Å². The molecule has 1 N–H and O–H groups in total. The van der Waals surface area contributed by atoms with Gasteiger partial charge in [0.05, 0.1) is 6.54 Å². The van der Waals surface area contributed by atoms with Crippen LogP contribution < -0.4 is 5.32 Å². The van der Waals surface area contributed by atoms with Gasteiger partial charge in [0.2, 0.25) is 0 Å². The standard InChI is InChI=1S/C15H18FNO/c1-2-3-10-17-11-14-8-9-15(18-14)12-4-6-13(16)7-5-12/h4-9,17H,2-3,10-11H2,1H3. The molecule has 1 heterocycles. The van der Waals surface area contributed by atoms with Gasteiger partial charge in [-0.15, -0.1) is 0 Å². The molecular formula is C15H18FNO. The molecule has 0 amide bonds. The molecule has 0 aliphatic carbocycles. The fraction of sp³-hybridized carbons (Fsp3) is 0.333. The summed E-state index contributed by atoms with van der Waals surface area (Å²) >= 11 is 0. The second-order valence-corrected chi connectivity index (χ2v) is 4.30. The van der Waals surface area contributed by atoms with E-state index in [9.17, 15) is 4.39 Å². The molecule has 0 bridgehead atoms. The van der Waals surface area contributed by atoms with Crippen LogP contribution in [-0.4, -0.2) is 6.54 Å². The minimum Gasteiger partial charge on any atom is -0.460 e. The van der Waals surface area contributed by atoms with E-state index in [0.29, 0.717) is 0 Å². The molecule has 1 aromatic heterocycles. The number of furan rings is 1. The molecule has 0 aliphatic heterocycles. The molecule has 18 heavy (non-hydrogen) atoms. The zero-order chi connectivity index (χ0) is 12.8. The molecule has 0 unspecified atom stereocenters. The fourth-order valence-corrected chi connectivity index (χ4v) is 1.76. The van der Waals surface area contributed by atoms with E-state index in [1.54, 1.807) is 12.1 Å². The highest BCUT2D eigenvalue weighted by Gasteiger charge is 2.04. The molecule has 96 valence electrons. The minimum atomic E-state index is -0.230. The van der Waals surface area contributed by atoms with Gasteiger partial charge in [-0.1, -0.05) is 13.3 Å². The molecule has 0 atom stereocenters. The molecule has 0 spiro atoms. The molecule has 0 fully saturated rings. The van der Waals surface area contributed by atoms with Gasteiger partial charge in [0, 0.05) is 5.56 Å². The monoisotopic (exact) mass is 247 g/mol. The topological polar surface area (TPSA) is 25.2 Å². The first-order valence-corrected chi connectivity index (χ1v) is 6.35. The summed E-state index contributed by atoms with van der Waals surface area (Å²) in [5, 5.41) is 3.32. The van der Waals surface area contributed by atoms with Gasteiger partial charge in [-0.2, -0.15) is 0 Å². The molecule has 0 saturated heterocycles. The first-order chi connectivity index (χ1) is 8.79. The number of unbranched alkanes of at least 4 members (excludes halogenated alkanes) is 1. The van der Waals surface area contributed by atoms with Crippen molar-refractivity contribution in [1.82, 2.24) is 5.32 Å². The average Bonchev–Trinajstić information content (AvgIpc) is 2.84. The SMILES string of the molecule is CCCCNCc1ccc(-c2ccc(F)cc2)o1. The number of halogens is 1. The van der Waals surface area contributed by atoms with Gasteiger partial charge in [-0.25, -0.2) is 4.39 Å². The van der Waals surface area contributed by atoms with E-state index in [1.165, 1.54) is 25.0 Å². The lowest BCUT2D eigenvalue weighted by atomic mass is 10.2. The Labute approximate surface area is 107 Å². The highest BCUT2D eigenvalue weighted by molar-refractivity contribution is 5.57. The van der Waals surface area contributed by atoms with Crippen LogP contribution in [0.2, 0.25) is 0 Å². The van der Waals surface area contributed by atoms with Crippen molar-refractivity contribution < 1.29 is 8.81 Å². The van der Waals surface area contributed by atoms with Crippen LogP contribution in [-0.2, 0) is 6.54 Å². The summed E-state index contributed by atoms with van der Waals surface area (Å²) in [4.78, 5) is 0. The number of hydrogen-bond acceptors (Lipinski definition) is 2. The third-order valence-electron chi connectivity index (χ3n) is 2.80. The van der Waals surface area contributed by atoms with E-state index in [0.717, 1.165) is 30.2 Å². The number of hydrogen-bond donors (Lipinski definition) is 1. The normalized spacial score (nSPS) is 10.8. The maximum Gasteiger partial charge on any atom is 0.134 e. The summed E-state index contributed by atoms with van der Waals surface area (Å²) in [7, 11) is 0. The first-order valence-electron chi connectivity index (χ1n) is 6.35. The number of benzene rings is 1. The van der Waals surface area contributed by atoms with Crippen molar-refractivity contribution in [2.45, 2.75) is 26.3 Å². The Bertz CT molecular complexity index is 475. The Hall–Kier alpha value is -1.61. The van der Waals surface area contributed by atoms with Crippen LogP contribution in [0.5, 0.6) is 0 Å². The molecule has 3 heteroatoms. The van der Waals surface area contributed by atoms with E-state index < -0.39 is 0 Å². The van der Waals surface area contributed by atoms with E-state index in [2.05, 4.69) is 12.2 Å². The Balaban J connectivity index is 1.95. The lowest BCUT2D eigenvalue weighted by Crippen LogP contribution is -2.13. The lowest BCUT2D eigenvalue weighted by molar-refractivity contribution is 0.490. The van der Waals surface area contributed by atoms with Gasteiger partial charge < -0.3 is 9.73 Å². The molecule has 2 nitrogen and oxygen atoms in total. The van der Waals surface area contributed by atoms with Crippen LogP contribution in [0.1, 0.15) is 25.5 Å². The van der Waals surface area contributed by atoms with Crippen LogP contribution in [0.15, 0.2) is 40.8 Å². The van der Waals surface area contributed by atoms with E-state index in [1.807, 2.05) is 12.1 Å². The van der Waals surface area contributed by atoms with Crippen molar-refractivity contribution in [2.75, 3.05) is 6.54 Å². The number of nitrogens with one attached hydrogen (secondary N) is 1. The van der Waals surface area contributed by atoms with Crippen molar-refractivity contribution in [1.29, 1.82) is 0 Å². The zero-order valence-electron chi connectivity index (χ0n) is 10.6. The van der Waals surface area contributed by atoms with Gasteiger partial charge in [0.1, 0.15) is 17.3 Å².